The third-order valence-electron chi connectivity index (χ3n) is 7.39. The topological polar surface area (TPSA) is 296 Å². The number of nitrogens with zero attached hydrogens (tertiary/aromatic N) is 1. The SMILES string of the molecule is COC1C(CO)OC(OC2C(CO)OC(OC3C(CO)OC(C)C(NC(C)=O)C3O)C(N=C(N)N)C2O)C(N)C1O. The molecule has 1 amide bonds. The molecule has 0 aromatic rings. The zero-order chi connectivity index (χ0) is 30.6. The first-order valence-electron chi connectivity index (χ1n) is 13.2. The quantitative estimate of drug-likeness (QED) is 0.0827. The van der Waals surface area contributed by atoms with Crippen LogP contribution in [0.3, 0.4) is 0 Å². The van der Waals surface area contributed by atoms with E-state index in [1.807, 2.05) is 0 Å². The molecule has 0 aromatic heterocycles. The minimum absolute atomic E-state index is 0.442. The molecule has 0 radical (unpaired) electrons. The van der Waals surface area contributed by atoms with Crippen molar-refractivity contribution in [3.8, 4) is 0 Å². The number of hydrogen-bond donors (Lipinski definition) is 10. The van der Waals surface area contributed by atoms with Crippen LogP contribution in [0.5, 0.6) is 0 Å². The van der Waals surface area contributed by atoms with Crippen molar-refractivity contribution in [3.05, 3.63) is 0 Å². The van der Waals surface area contributed by atoms with Gasteiger partial charge >= 0.3 is 0 Å². The van der Waals surface area contributed by atoms with Crippen molar-refractivity contribution in [3.63, 3.8) is 0 Å². The monoisotopic (exact) mass is 597 g/mol. The maximum Gasteiger partial charge on any atom is 0.217 e. The van der Waals surface area contributed by atoms with Crippen molar-refractivity contribution >= 4 is 11.9 Å². The van der Waals surface area contributed by atoms with Gasteiger partial charge in [0.25, 0.3) is 0 Å². The van der Waals surface area contributed by atoms with Crippen LogP contribution in [0.15, 0.2) is 4.99 Å². The summed E-state index contributed by atoms with van der Waals surface area (Å²) in [6.45, 7) is 1.01. The molecular weight excluding hydrogens is 554 g/mol. The first-order chi connectivity index (χ1) is 19.4. The van der Waals surface area contributed by atoms with Crippen LogP contribution in [0, 0.1) is 0 Å². The predicted molar refractivity (Wildman–Crippen MR) is 137 cm³/mol. The summed E-state index contributed by atoms with van der Waals surface area (Å²) < 4.78 is 34.3. The number of amides is 1. The third-order valence-corrected chi connectivity index (χ3v) is 7.39. The number of nitrogens with two attached hydrogens (primary N) is 3. The lowest BCUT2D eigenvalue weighted by atomic mass is 9.92. The average molecular weight is 598 g/mol. The Labute approximate surface area is 236 Å². The Bertz CT molecular complexity index is 883. The van der Waals surface area contributed by atoms with Crippen molar-refractivity contribution in [2.45, 2.75) is 106 Å². The van der Waals surface area contributed by atoms with Gasteiger partial charge in [0.15, 0.2) is 18.5 Å². The number of carbonyl (C=O) groups is 1. The van der Waals surface area contributed by atoms with E-state index in [1.165, 1.54) is 14.0 Å². The number of nitrogens with one attached hydrogen (secondary N) is 1. The summed E-state index contributed by atoms with van der Waals surface area (Å²) in [6, 6.07) is -3.54. The molecule has 3 fully saturated rings. The Morgan fingerprint density at radius 2 is 1.37 bits per heavy atom. The molecule has 15 unspecified atom stereocenters. The normalized spacial score (nSPS) is 45.2. The number of hydrogen-bond acceptors (Lipinski definition) is 15. The lowest BCUT2D eigenvalue weighted by Gasteiger charge is -2.49. The minimum atomic E-state index is -1.65. The maximum absolute atomic E-state index is 11.7. The maximum atomic E-state index is 11.7. The second-order valence-electron chi connectivity index (χ2n) is 10.2. The number of aliphatic imine (C=N–C) groups is 1. The lowest BCUT2D eigenvalue weighted by Crippen LogP contribution is -2.68. The fraction of sp³-hybridized carbons (Fsp3) is 0.913. The molecule has 238 valence electrons. The van der Waals surface area contributed by atoms with Gasteiger partial charge in [0.2, 0.25) is 5.91 Å². The number of carbonyl (C=O) groups excluding carboxylic acids is 1. The van der Waals surface area contributed by atoms with E-state index in [4.69, 9.17) is 45.6 Å². The van der Waals surface area contributed by atoms with E-state index < -0.39 is 123 Å². The molecule has 13 N–H and O–H groups in total. The van der Waals surface area contributed by atoms with Gasteiger partial charge in [0.1, 0.15) is 61.0 Å². The first kappa shape index (κ1) is 33.7. The number of rotatable bonds is 10. The van der Waals surface area contributed by atoms with Gasteiger partial charge in [0.05, 0.1) is 38.0 Å². The second-order valence-corrected chi connectivity index (χ2v) is 10.2. The van der Waals surface area contributed by atoms with Crippen molar-refractivity contribution in [2.75, 3.05) is 26.9 Å². The molecule has 0 saturated carbocycles. The van der Waals surface area contributed by atoms with Crippen molar-refractivity contribution < 1.29 is 63.9 Å². The van der Waals surface area contributed by atoms with Gasteiger partial charge in [-0.05, 0) is 6.92 Å². The summed E-state index contributed by atoms with van der Waals surface area (Å²) in [5.41, 5.74) is 17.3. The van der Waals surface area contributed by atoms with Gasteiger partial charge in [-0.1, -0.05) is 0 Å². The molecule has 18 heteroatoms. The van der Waals surface area contributed by atoms with Gasteiger partial charge in [-0.3, -0.25) is 4.79 Å². The summed E-state index contributed by atoms with van der Waals surface area (Å²) >= 11 is 0. The van der Waals surface area contributed by atoms with E-state index in [0.717, 1.165) is 0 Å². The zero-order valence-corrected chi connectivity index (χ0v) is 23.0. The number of ether oxygens (including phenoxy) is 6. The van der Waals surface area contributed by atoms with Crippen LogP contribution in [0.4, 0.5) is 0 Å². The smallest absolute Gasteiger partial charge is 0.217 e. The van der Waals surface area contributed by atoms with Gasteiger partial charge in [-0.25, -0.2) is 4.99 Å². The Kier molecular flexibility index (Phi) is 12.0. The Morgan fingerprint density at radius 1 is 0.854 bits per heavy atom. The van der Waals surface area contributed by atoms with Gasteiger partial charge in [-0.2, -0.15) is 0 Å². The molecule has 3 heterocycles. The van der Waals surface area contributed by atoms with Gasteiger partial charge < -0.3 is 81.6 Å². The van der Waals surface area contributed by atoms with Crippen LogP contribution < -0.4 is 22.5 Å². The van der Waals surface area contributed by atoms with Crippen molar-refractivity contribution in [1.29, 1.82) is 0 Å². The van der Waals surface area contributed by atoms with Gasteiger partial charge in [-0.15, -0.1) is 0 Å². The molecule has 18 nitrogen and oxygen atoms in total. The second kappa shape index (κ2) is 14.6. The lowest BCUT2D eigenvalue weighted by molar-refractivity contribution is -0.343. The number of aliphatic hydroxyl groups excluding tert-OH is 6. The van der Waals surface area contributed by atoms with Crippen LogP contribution in [0.1, 0.15) is 13.8 Å². The number of guanidine groups is 1. The highest BCUT2D eigenvalue weighted by Gasteiger charge is 2.53. The summed E-state index contributed by atoms with van der Waals surface area (Å²) in [4.78, 5) is 15.7. The fourth-order valence-corrected chi connectivity index (χ4v) is 5.35. The molecular formula is C23H43N5O13. The first-order valence-corrected chi connectivity index (χ1v) is 13.2. The van der Waals surface area contributed by atoms with Crippen LogP contribution in [-0.4, -0.2) is 161 Å². The number of methoxy groups -OCH3 is 1. The molecule has 0 aromatic carbocycles. The molecule has 41 heavy (non-hydrogen) atoms. The summed E-state index contributed by atoms with van der Waals surface area (Å²) in [5.74, 6) is -0.914. The van der Waals surface area contributed by atoms with Crippen LogP contribution in [0.2, 0.25) is 0 Å². The highest BCUT2D eigenvalue weighted by molar-refractivity contribution is 5.76. The standard InChI is InChI=1S/C23H43N5O13/c1-7-13(27-8(2)32)16(34)19(10(5-30)37-7)41-22-14(28-23(25)26)17(35)20(11(6-31)39-22)40-21-12(24)15(33)18(36-3)9(4-29)38-21/h7,9-22,29-31,33-35H,4-6,24H2,1-3H3,(H,27,32)(H4,25,26,28). The summed E-state index contributed by atoms with van der Waals surface area (Å²) in [5, 5.41) is 65.3. The average Bonchev–Trinajstić information content (AvgIpc) is 2.92. The minimum Gasteiger partial charge on any atom is -0.394 e. The Hall–Kier alpha value is -1.78. The van der Waals surface area contributed by atoms with Crippen molar-refractivity contribution in [1.82, 2.24) is 5.32 Å². The van der Waals surface area contributed by atoms with E-state index >= 15 is 0 Å². The van der Waals surface area contributed by atoms with E-state index in [0.29, 0.717) is 0 Å². The van der Waals surface area contributed by atoms with E-state index in [-0.39, 0.29) is 0 Å². The Balaban J connectivity index is 1.86. The molecule has 3 saturated heterocycles. The van der Waals surface area contributed by atoms with E-state index in [9.17, 15) is 35.4 Å². The predicted octanol–water partition coefficient (Wildman–Crippen LogP) is -6.46. The van der Waals surface area contributed by atoms with Crippen molar-refractivity contribution in [2.24, 2.45) is 22.2 Å². The molecule has 0 aliphatic carbocycles. The zero-order valence-electron chi connectivity index (χ0n) is 23.0. The molecule has 15 atom stereocenters. The fourth-order valence-electron chi connectivity index (χ4n) is 5.35. The third kappa shape index (κ3) is 7.42. The van der Waals surface area contributed by atoms with Crippen LogP contribution in [0.25, 0.3) is 0 Å². The summed E-state index contributed by atoms with van der Waals surface area (Å²) in [6.07, 6.45) is -15.1. The summed E-state index contributed by atoms with van der Waals surface area (Å²) in [7, 11) is 1.31. The highest BCUT2D eigenvalue weighted by Crippen LogP contribution is 2.33. The van der Waals surface area contributed by atoms with Gasteiger partial charge in [0, 0.05) is 14.0 Å². The van der Waals surface area contributed by atoms with Crippen LogP contribution in [-0.2, 0) is 33.2 Å². The number of aliphatic hydroxyl groups is 6. The van der Waals surface area contributed by atoms with Crippen LogP contribution >= 0.6 is 0 Å². The molecule has 0 spiro atoms. The van der Waals surface area contributed by atoms with E-state index in [1.54, 1.807) is 6.92 Å². The molecule has 3 rings (SSSR count). The largest absolute Gasteiger partial charge is 0.394 e. The molecule has 3 aliphatic heterocycles. The van der Waals surface area contributed by atoms with E-state index in [2.05, 4.69) is 10.3 Å². The Morgan fingerprint density at radius 3 is 1.90 bits per heavy atom. The highest BCUT2D eigenvalue weighted by atomic mass is 16.7. The molecule has 3 aliphatic rings. The molecule has 0 bridgehead atoms.